The van der Waals surface area contributed by atoms with Gasteiger partial charge in [0.15, 0.2) is 5.78 Å². The second-order valence-corrected chi connectivity index (χ2v) is 14.7. The zero-order chi connectivity index (χ0) is 39.5. The Morgan fingerprint density at radius 1 is 0.500 bits per heavy atom. The number of esters is 1. The number of hydrogen-bond acceptors (Lipinski definition) is 9. The first kappa shape index (κ1) is 49.3. The van der Waals surface area contributed by atoms with Crippen LogP contribution in [0.25, 0.3) is 0 Å². The number of Topliss-reactive ketones (excluding diaryl/α,β-unsaturated/α-hetero) is 1. The SMILES string of the molecule is CC(C)=CCC/C(C)=C\CC(C/C=C(/C)CCC=C(C)C)(C(=O)CC/C=C(\C)CCC=C(C)C)C(=O)OC(COC(CO)CO)COC(CO)CO. The summed E-state index contributed by atoms with van der Waals surface area (Å²) in [5.41, 5.74) is 5.48. The van der Waals surface area contributed by atoms with Crippen molar-refractivity contribution in [1.82, 2.24) is 0 Å². The molecule has 0 amide bonds. The molecule has 0 aliphatic carbocycles. The van der Waals surface area contributed by atoms with Crippen molar-refractivity contribution in [2.45, 2.75) is 145 Å². The van der Waals surface area contributed by atoms with Gasteiger partial charge in [-0.3, -0.25) is 9.59 Å². The zero-order valence-corrected chi connectivity index (χ0v) is 33.8. The summed E-state index contributed by atoms with van der Waals surface area (Å²) in [5, 5.41) is 38.3. The minimum atomic E-state index is -1.54. The van der Waals surface area contributed by atoms with Crippen molar-refractivity contribution < 1.29 is 44.2 Å². The second kappa shape index (κ2) is 28.8. The number of ketones is 1. The van der Waals surface area contributed by atoms with Gasteiger partial charge in [0.25, 0.3) is 0 Å². The van der Waals surface area contributed by atoms with Crippen molar-refractivity contribution in [2.75, 3.05) is 39.6 Å². The van der Waals surface area contributed by atoms with Crippen LogP contribution in [0.4, 0.5) is 0 Å². The third kappa shape index (κ3) is 22.4. The van der Waals surface area contributed by atoms with Gasteiger partial charge in [-0.15, -0.1) is 0 Å². The Morgan fingerprint density at radius 2 is 0.846 bits per heavy atom. The van der Waals surface area contributed by atoms with Crippen LogP contribution in [0.1, 0.15) is 127 Å². The summed E-state index contributed by atoms with van der Waals surface area (Å²) >= 11 is 0. The fourth-order valence-electron chi connectivity index (χ4n) is 5.24. The van der Waals surface area contributed by atoms with Crippen LogP contribution in [0.15, 0.2) is 69.9 Å². The van der Waals surface area contributed by atoms with Crippen molar-refractivity contribution in [1.29, 1.82) is 0 Å². The predicted molar refractivity (Wildman–Crippen MR) is 211 cm³/mol. The van der Waals surface area contributed by atoms with Gasteiger partial charge in [-0.2, -0.15) is 0 Å². The number of aliphatic hydroxyl groups is 4. The maximum absolute atomic E-state index is 14.6. The molecule has 0 aromatic carbocycles. The molecule has 9 nitrogen and oxygen atoms in total. The van der Waals surface area contributed by atoms with E-state index >= 15 is 0 Å². The smallest absolute Gasteiger partial charge is 0.320 e. The first-order valence-electron chi connectivity index (χ1n) is 18.9. The van der Waals surface area contributed by atoms with Gasteiger partial charge in [0.2, 0.25) is 0 Å². The van der Waals surface area contributed by atoms with E-state index in [9.17, 15) is 30.0 Å². The maximum atomic E-state index is 14.6. The van der Waals surface area contributed by atoms with Gasteiger partial charge >= 0.3 is 5.97 Å². The third-order valence-corrected chi connectivity index (χ3v) is 8.78. The van der Waals surface area contributed by atoms with E-state index in [-0.39, 0.29) is 38.3 Å². The van der Waals surface area contributed by atoms with E-state index in [0.717, 1.165) is 49.7 Å². The quantitative estimate of drug-likeness (QED) is 0.0344. The van der Waals surface area contributed by atoms with E-state index in [4.69, 9.17) is 14.2 Å². The molecule has 0 heterocycles. The lowest BCUT2D eigenvalue weighted by Gasteiger charge is -2.32. The number of hydrogen-bond donors (Lipinski definition) is 4. The molecule has 52 heavy (non-hydrogen) atoms. The van der Waals surface area contributed by atoms with Crippen LogP contribution in [0.5, 0.6) is 0 Å². The van der Waals surface area contributed by atoms with E-state index in [0.29, 0.717) is 6.42 Å². The molecule has 0 fully saturated rings. The average molecular weight is 733 g/mol. The van der Waals surface area contributed by atoms with Crippen molar-refractivity contribution in [2.24, 2.45) is 5.41 Å². The van der Waals surface area contributed by atoms with E-state index < -0.39 is 56.1 Å². The molecular weight excluding hydrogens is 660 g/mol. The highest BCUT2D eigenvalue weighted by molar-refractivity contribution is 6.04. The van der Waals surface area contributed by atoms with Crippen molar-refractivity contribution in [3.63, 3.8) is 0 Å². The highest BCUT2D eigenvalue weighted by Crippen LogP contribution is 2.36. The van der Waals surface area contributed by atoms with E-state index in [2.05, 4.69) is 72.8 Å². The first-order chi connectivity index (χ1) is 24.6. The van der Waals surface area contributed by atoms with Crippen LogP contribution < -0.4 is 0 Å². The van der Waals surface area contributed by atoms with Crippen LogP contribution in [-0.2, 0) is 23.8 Å². The molecule has 0 saturated carbocycles. The van der Waals surface area contributed by atoms with Crippen LogP contribution in [0.3, 0.4) is 0 Å². The zero-order valence-electron chi connectivity index (χ0n) is 33.8. The van der Waals surface area contributed by atoms with E-state index in [1.165, 1.54) is 22.3 Å². The Morgan fingerprint density at radius 3 is 1.19 bits per heavy atom. The fraction of sp³-hybridized carbons (Fsp3) is 0.674. The summed E-state index contributed by atoms with van der Waals surface area (Å²) < 4.78 is 17.3. The molecule has 0 aromatic heterocycles. The molecule has 0 aromatic rings. The lowest BCUT2D eigenvalue weighted by atomic mass is 9.74. The summed E-state index contributed by atoms with van der Waals surface area (Å²) in [6, 6.07) is 0. The molecule has 0 saturated heterocycles. The molecule has 298 valence electrons. The Bertz CT molecular complexity index is 1140. The number of carbonyl (C=O) groups excluding carboxylic acids is 2. The van der Waals surface area contributed by atoms with Crippen LogP contribution in [0.2, 0.25) is 0 Å². The predicted octanol–water partition coefficient (Wildman–Crippen LogP) is 7.83. The van der Waals surface area contributed by atoms with Crippen molar-refractivity contribution in [3.8, 4) is 0 Å². The van der Waals surface area contributed by atoms with E-state index in [1.54, 1.807) is 0 Å². The van der Waals surface area contributed by atoms with Gasteiger partial charge in [-0.1, -0.05) is 69.9 Å². The Labute approximate surface area is 315 Å². The minimum Gasteiger partial charge on any atom is -0.457 e. The van der Waals surface area contributed by atoms with Gasteiger partial charge in [0.05, 0.1) is 39.6 Å². The highest BCUT2D eigenvalue weighted by atomic mass is 16.6. The molecule has 0 rings (SSSR count). The lowest BCUT2D eigenvalue weighted by Crippen LogP contribution is -2.44. The fourth-order valence-corrected chi connectivity index (χ4v) is 5.24. The van der Waals surface area contributed by atoms with Crippen LogP contribution in [0, 0.1) is 5.41 Å². The molecule has 9 heteroatoms. The standard InChI is InChI=1S/C43H72O9/c1-32(2)14-10-17-35(7)20-13-21-41(48)43(24-22-36(8)18-11-15-33(3)4,25-23-37(9)19-12-16-34(5)6)42(49)52-40(30-50-38(26-44)27-45)31-51-39(28-46)29-47/h14-16,20,22-23,38-40,44-47H,10-13,17-19,21,24-31H2,1-9H3/b35-20+,36-22-,37-23-. The first-order valence-corrected chi connectivity index (χ1v) is 18.9. The Balaban J connectivity index is 6.90. The third-order valence-electron chi connectivity index (χ3n) is 8.78. The highest BCUT2D eigenvalue weighted by Gasteiger charge is 2.46. The van der Waals surface area contributed by atoms with Crippen molar-refractivity contribution in [3.05, 3.63) is 69.9 Å². The molecule has 0 aliphatic rings. The lowest BCUT2D eigenvalue weighted by molar-refractivity contribution is -0.175. The molecule has 0 bridgehead atoms. The average Bonchev–Trinajstić information content (AvgIpc) is 3.08. The van der Waals surface area contributed by atoms with Gasteiger partial charge in [-0.25, -0.2) is 0 Å². The molecule has 0 radical (unpaired) electrons. The Hall–Kier alpha value is -2.66. The number of carbonyl (C=O) groups is 2. The Kier molecular flexibility index (Phi) is 27.3. The molecule has 0 spiro atoms. The van der Waals surface area contributed by atoms with E-state index in [1.807, 2.05) is 26.0 Å². The summed E-state index contributed by atoms with van der Waals surface area (Å²) in [5.74, 6) is -0.935. The topological polar surface area (TPSA) is 143 Å². The van der Waals surface area contributed by atoms with Crippen molar-refractivity contribution >= 4 is 11.8 Å². The number of ether oxygens (including phenoxy) is 3. The summed E-state index contributed by atoms with van der Waals surface area (Å²) in [4.78, 5) is 29.1. The van der Waals surface area contributed by atoms with Crippen LogP contribution >= 0.6 is 0 Å². The minimum absolute atomic E-state index is 0.145. The van der Waals surface area contributed by atoms with Gasteiger partial charge in [0, 0.05) is 6.42 Å². The summed E-state index contributed by atoms with van der Waals surface area (Å²) in [6.07, 6.45) is 15.7. The summed E-state index contributed by atoms with van der Waals surface area (Å²) in [6.45, 7) is 16.2. The molecule has 4 N–H and O–H groups in total. The van der Waals surface area contributed by atoms with Gasteiger partial charge < -0.3 is 34.6 Å². The van der Waals surface area contributed by atoms with Crippen LogP contribution in [-0.4, -0.2) is 90.1 Å². The largest absolute Gasteiger partial charge is 0.457 e. The maximum Gasteiger partial charge on any atom is 0.320 e. The summed E-state index contributed by atoms with van der Waals surface area (Å²) in [7, 11) is 0. The van der Waals surface area contributed by atoms with Gasteiger partial charge in [0.1, 0.15) is 23.7 Å². The monoisotopic (exact) mass is 733 g/mol. The molecule has 0 aliphatic heterocycles. The number of rotatable bonds is 29. The normalized spacial score (nSPS) is 13.7. The number of allylic oxidation sites excluding steroid dienone is 12. The second-order valence-electron chi connectivity index (χ2n) is 14.7. The molecular formula is C43H72O9. The molecule has 0 atom stereocenters. The van der Waals surface area contributed by atoms with Gasteiger partial charge in [-0.05, 0) is 120 Å². The molecule has 0 unspecified atom stereocenters. The number of aliphatic hydroxyl groups excluding tert-OH is 4.